The van der Waals surface area contributed by atoms with Gasteiger partial charge in [0.15, 0.2) is 0 Å². The first-order valence-corrected chi connectivity index (χ1v) is 10.5. The number of nitrogens with one attached hydrogen (secondary N) is 1. The molecule has 1 unspecified atom stereocenters. The molecule has 0 aromatic heterocycles. The second-order valence-electron chi connectivity index (χ2n) is 6.55. The zero-order valence-corrected chi connectivity index (χ0v) is 17.6. The van der Waals surface area contributed by atoms with Crippen molar-refractivity contribution >= 4 is 28.3 Å². The fraction of sp³-hybridized carbons (Fsp3) is 0.611. The molecule has 0 bridgehead atoms. The van der Waals surface area contributed by atoms with Gasteiger partial charge in [-0.05, 0) is 31.0 Å². The van der Waals surface area contributed by atoms with Gasteiger partial charge in [-0.15, -0.1) is 12.4 Å². The molecule has 9 heteroatoms. The summed E-state index contributed by atoms with van der Waals surface area (Å²) in [4.78, 5) is 12.7. The standard InChI is InChI=1S/C18H29N3O4S.ClH/c1-3-4-5-16(13-19)20-18(22)15-7-6-14(2)17(12-15)26(23,24)21-8-10-25-11-9-21;/h6-7,12,16H,3-5,8-11,13,19H2,1-2H3,(H,20,22);1H. The van der Waals surface area contributed by atoms with E-state index in [4.69, 9.17) is 10.5 Å². The molecule has 0 aliphatic carbocycles. The normalized spacial score (nSPS) is 16.4. The Kier molecular flexibility index (Phi) is 9.69. The number of carbonyl (C=O) groups excluding carboxylic acids is 1. The van der Waals surface area contributed by atoms with Crippen LogP contribution in [0.2, 0.25) is 0 Å². The molecule has 27 heavy (non-hydrogen) atoms. The second-order valence-corrected chi connectivity index (χ2v) is 8.45. The summed E-state index contributed by atoms with van der Waals surface area (Å²) in [6.07, 6.45) is 2.81. The molecule has 2 rings (SSSR count). The number of carbonyl (C=O) groups is 1. The van der Waals surface area contributed by atoms with Gasteiger partial charge >= 0.3 is 0 Å². The molecule has 0 radical (unpaired) electrons. The molecule has 1 saturated heterocycles. The third-order valence-corrected chi connectivity index (χ3v) is 6.60. The van der Waals surface area contributed by atoms with Crippen molar-refractivity contribution in [3.05, 3.63) is 29.3 Å². The van der Waals surface area contributed by atoms with Crippen molar-refractivity contribution in [2.24, 2.45) is 5.73 Å². The first kappa shape index (κ1) is 23.8. The summed E-state index contributed by atoms with van der Waals surface area (Å²) in [6, 6.07) is 4.67. The van der Waals surface area contributed by atoms with Gasteiger partial charge in [0, 0.05) is 31.2 Å². The first-order valence-electron chi connectivity index (χ1n) is 9.09. The van der Waals surface area contributed by atoms with Crippen molar-refractivity contribution in [1.82, 2.24) is 9.62 Å². The lowest BCUT2D eigenvalue weighted by Gasteiger charge is -2.27. The quantitative estimate of drug-likeness (QED) is 0.667. The van der Waals surface area contributed by atoms with E-state index in [1.807, 2.05) is 0 Å². The average molecular weight is 420 g/mol. The topological polar surface area (TPSA) is 102 Å². The molecule has 3 N–H and O–H groups in total. The van der Waals surface area contributed by atoms with Gasteiger partial charge in [-0.3, -0.25) is 4.79 Å². The number of ether oxygens (including phenoxy) is 1. The SMILES string of the molecule is CCCCC(CN)NC(=O)c1ccc(C)c(S(=O)(=O)N2CCOCC2)c1.Cl. The molecule has 1 aliphatic rings. The van der Waals surface area contributed by atoms with Crippen LogP contribution in [-0.2, 0) is 14.8 Å². The van der Waals surface area contributed by atoms with E-state index in [-0.39, 0.29) is 29.3 Å². The minimum atomic E-state index is -3.65. The first-order chi connectivity index (χ1) is 12.4. The molecule has 154 valence electrons. The molecule has 1 heterocycles. The van der Waals surface area contributed by atoms with E-state index < -0.39 is 10.0 Å². The Balaban J connectivity index is 0.00000364. The number of benzene rings is 1. The number of nitrogens with zero attached hydrogens (tertiary/aromatic N) is 1. The number of nitrogens with two attached hydrogens (primary N) is 1. The fourth-order valence-electron chi connectivity index (χ4n) is 2.91. The molecule has 0 spiro atoms. The van der Waals surface area contributed by atoms with Gasteiger partial charge in [-0.25, -0.2) is 8.42 Å². The van der Waals surface area contributed by atoms with Gasteiger partial charge in [0.25, 0.3) is 5.91 Å². The van der Waals surface area contributed by atoms with Gasteiger partial charge in [0.05, 0.1) is 18.1 Å². The van der Waals surface area contributed by atoms with Crippen LogP contribution in [0.3, 0.4) is 0 Å². The molecular weight excluding hydrogens is 390 g/mol. The third kappa shape index (κ3) is 6.15. The molecule has 1 aromatic rings. The third-order valence-electron chi connectivity index (χ3n) is 4.56. The van der Waals surface area contributed by atoms with Gasteiger partial charge in [0.1, 0.15) is 0 Å². The van der Waals surface area contributed by atoms with Crippen molar-refractivity contribution in [2.75, 3.05) is 32.8 Å². The van der Waals surface area contributed by atoms with Crippen LogP contribution in [-0.4, -0.2) is 57.5 Å². The highest BCUT2D eigenvalue weighted by Gasteiger charge is 2.28. The van der Waals surface area contributed by atoms with E-state index in [9.17, 15) is 13.2 Å². The van der Waals surface area contributed by atoms with Crippen LogP contribution in [0.25, 0.3) is 0 Å². The van der Waals surface area contributed by atoms with Gasteiger partial charge < -0.3 is 15.8 Å². The monoisotopic (exact) mass is 419 g/mol. The number of morpholine rings is 1. The predicted octanol–water partition coefficient (Wildman–Crippen LogP) is 1.69. The zero-order valence-electron chi connectivity index (χ0n) is 15.9. The van der Waals surface area contributed by atoms with E-state index in [2.05, 4.69) is 12.2 Å². The number of amides is 1. The highest BCUT2D eigenvalue weighted by atomic mass is 35.5. The molecule has 1 fully saturated rings. The maximum absolute atomic E-state index is 12.9. The number of halogens is 1. The Bertz CT molecular complexity index is 721. The highest BCUT2D eigenvalue weighted by Crippen LogP contribution is 2.22. The van der Waals surface area contributed by atoms with Crippen LogP contribution < -0.4 is 11.1 Å². The van der Waals surface area contributed by atoms with Crippen LogP contribution in [0.1, 0.15) is 42.1 Å². The van der Waals surface area contributed by atoms with Gasteiger partial charge in [-0.1, -0.05) is 25.8 Å². The second kappa shape index (κ2) is 11.0. The molecule has 1 atom stereocenters. The number of rotatable bonds is 8. The zero-order chi connectivity index (χ0) is 19.2. The van der Waals surface area contributed by atoms with Gasteiger partial charge in [-0.2, -0.15) is 4.31 Å². The van der Waals surface area contributed by atoms with Crippen LogP contribution in [0.5, 0.6) is 0 Å². The number of hydrogen-bond donors (Lipinski definition) is 2. The van der Waals surface area contributed by atoms with E-state index in [0.717, 1.165) is 19.3 Å². The van der Waals surface area contributed by atoms with Crippen molar-refractivity contribution in [3.63, 3.8) is 0 Å². The lowest BCUT2D eigenvalue weighted by molar-refractivity contribution is 0.0730. The minimum absolute atomic E-state index is 0. The van der Waals surface area contributed by atoms with E-state index in [0.29, 0.717) is 44.0 Å². The van der Waals surface area contributed by atoms with E-state index in [1.54, 1.807) is 19.1 Å². The summed E-state index contributed by atoms with van der Waals surface area (Å²) in [5, 5.41) is 2.90. The summed E-state index contributed by atoms with van der Waals surface area (Å²) in [5.41, 5.74) is 6.68. The summed E-state index contributed by atoms with van der Waals surface area (Å²) >= 11 is 0. The summed E-state index contributed by atoms with van der Waals surface area (Å²) in [6.45, 7) is 5.59. The fourth-order valence-corrected chi connectivity index (χ4v) is 4.57. The highest BCUT2D eigenvalue weighted by molar-refractivity contribution is 7.89. The Morgan fingerprint density at radius 1 is 1.33 bits per heavy atom. The van der Waals surface area contributed by atoms with Gasteiger partial charge in [0.2, 0.25) is 10.0 Å². The van der Waals surface area contributed by atoms with Crippen LogP contribution >= 0.6 is 12.4 Å². The smallest absolute Gasteiger partial charge is 0.251 e. The predicted molar refractivity (Wildman–Crippen MR) is 108 cm³/mol. The molecule has 1 aromatic carbocycles. The Morgan fingerprint density at radius 2 is 2.00 bits per heavy atom. The number of aryl methyl sites for hydroxylation is 1. The van der Waals surface area contributed by atoms with Crippen molar-refractivity contribution in [2.45, 2.75) is 44.0 Å². The lowest BCUT2D eigenvalue weighted by atomic mass is 10.1. The number of sulfonamides is 1. The van der Waals surface area contributed by atoms with Crippen molar-refractivity contribution < 1.29 is 17.9 Å². The lowest BCUT2D eigenvalue weighted by Crippen LogP contribution is -2.41. The molecule has 1 aliphatic heterocycles. The minimum Gasteiger partial charge on any atom is -0.379 e. The van der Waals surface area contributed by atoms with Crippen LogP contribution in [0.4, 0.5) is 0 Å². The van der Waals surface area contributed by atoms with E-state index in [1.165, 1.54) is 10.4 Å². The summed E-state index contributed by atoms with van der Waals surface area (Å²) in [7, 11) is -3.65. The maximum atomic E-state index is 12.9. The maximum Gasteiger partial charge on any atom is 0.251 e. The number of hydrogen-bond acceptors (Lipinski definition) is 5. The summed E-state index contributed by atoms with van der Waals surface area (Å²) in [5.74, 6) is -0.296. The van der Waals surface area contributed by atoms with Crippen LogP contribution in [0.15, 0.2) is 23.1 Å². The van der Waals surface area contributed by atoms with Crippen LogP contribution in [0, 0.1) is 6.92 Å². The average Bonchev–Trinajstić information content (AvgIpc) is 2.65. The van der Waals surface area contributed by atoms with Crippen molar-refractivity contribution in [3.8, 4) is 0 Å². The largest absolute Gasteiger partial charge is 0.379 e. The van der Waals surface area contributed by atoms with Crippen molar-refractivity contribution in [1.29, 1.82) is 0 Å². The van der Waals surface area contributed by atoms with E-state index >= 15 is 0 Å². The summed E-state index contributed by atoms with van der Waals surface area (Å²) < 4.78 is 32.5. The Morgan fingerprint density at radius 3 is 2.59 bits per heavy atom. The Labute approximate surface area is 168 Å². The molecular formula is C18H30ClN3O4S. The molecule has 7 nitrogen and oxygen atoms in total. The molecule has 0 saturated carbocycles. The Hall–Kier alpha value is -1.19. The molecule has 1 amide bonds. The number of unbranched alkanes of at least 4 members (excludes halogenated alkanes) is 1.